The van der Waals surface area contributed by atoms with Crippen molar-refractivity contribution in [2.75, 3.05) is 33.0 Å². The summed E-state index contributed by atoms with van der Waals surface area (Å²) in [5.41, 5.74) is 1.53. The molecule has 2 aliphatic heterocycles. The van der Waals surface area contributed by atoms with E-state index in [-0.39, 0.29) is 51.4 Å². The lowest BCUT2D eigenvalue weighted by Crippen LogP contribution is -2.62. The maximum absolute atomic E-state index is 12.6. The van der Waals surface area contributed by atoms with Crippen LogP contribution in [0.15, 0.2) is 54.6 Å². The van der Waals surface area contributed by atoms with E-state index in [0.717, 1.165) is 10.5 Å². The Morgan fingerprint density at radius 1 is 0.727 bits per heavy atom. The van der Waals surface area contributed by atoms with E-state index in [1.54, 1.807) is 24.3 Å². The fourth-order valence-electron chi connectivity index (χ4n) is 4.87. The largest absolute Gasteiger partial charge is 0.463 e. The highest BCUT2D eigenvalue weighted by Gasteiger charge is 2.51. The zero-order valence-corrected chi connectivity index (χ0v) is 24.7. The molecule has 0 aromatic heterocycles. The molecule has 2 heterocycles. The highest BCUT2D eigenvalue weighted by Crippen LogP contribution is 2.30. The third-order valence-electron chi connectivity index (χ3n) is 6.78. The Hall–Kier alpha value is -4.17. The van der Waals surface area contributed by atoms with Crippen molar-refractivity contribution in [2.45, 2.75) is 58.1 Å². The van der Waals surface area contributed by atoms with E-state index in [9.17, 15) is 24.0 Å². The van der Waals surface area contributed by atoms with Gasteiger partial charge in [-0.1, -0.05) is 42.5 Å². The number of carbonyl (C=O) groups excluding carboxylic acids is 5. The summed E-state index contributed by atoms with van der Waals surface area (Å²) >= 11 is 0. The van der Waals surface area contributed by atoms with E-state index in [1.807, 2.05) is 30.3 Å². The lowest BCUT2D eigenvalue weighted by molar-refractivity contribution is -0.316. The first-order valence-corrected chi connectivity index (χ1v) is 14.1. The number of carbonyl (C=O) groups is 5. The Balaban J connectivity index is 1.41. The van der Waals surface area contributed by atoms with Crippen LogP contribution in [0.25, 0.3) is 0 Å². The second-order valence-electron chi connectivity index (χ2n) is 10.0. The van der Waals surface area contributed by atoms with E-state index in [4.69, 9.17) is 33.2 Å². The number of hydrogen-bond donors (Lipinski definition) is 0. The van der Waals surface area contributed by atoms with Crippen LogP contribution < -0.4 is 0 Å². The molecule has 0 saturated carbocycles. The number of rotatable bonds is 14. The van der Waals surface area contributed by atoms with Gasteiger partial charge in [0.25, 0.3) is 11.8 Å². The molecule has 5 atom stereocenters. The van der Waals surface area contributed by atoms with Crippen LogP contribution in [0.1, 0.15) is 47.1 Å². The van der Waals surface area contributed by atoms with Gasteiger partial charge < -0.3 is 33.2 Å². The van der Waals surface area contributed by atoms with Crippen LogP contribution in [0.2, 0.25) is 0 Å². The summed E-state index contributed by atoms with van der Waals surface area (Å²) in [6.07, 6.45) is -5.62. The summed E-state index contributed by atoms with van der Waals surface area (Å²) in [5, 5.41) is 0. The Kier molecular flexibility index (Phi) is 11.6. The van der Waals surface area contributed by atoms with Gasteiger partial charge in [0, 0.05) is 20.8 Å². The van der Waals surface area contributed by atoms with Crippen molar-refractivity contribution in [2.24, 2.45) is 0 Å². The summed E-state index contributed by atoms with van der Waals surface area (Å²) in [4.78, 5) is 62.0. The fourth-order valence-corrected chi connectivity index (χ4v) is 4.87. The van der Waals surface area contributed by atoms with Crippen molar-refractivity contribution in [3.63, 3.8) is 0 Å². The molecule has 2 amide bonds. The van der Waals surface area contributed by atoms with Crippen molar-refractivity contribution < 1.29 is 57.1 Å². The summed E-state index contributed by atoms with van der Waals surface area (Å²) in [6.45, 7) is 3.53. The van der Waals surface area contributed by atoms with Crippen molar-refractivity contribution in [3.8, 4) is 0 Å². The molecule has 0 N–H and O–H groups in total. The van der Waals surface area contributed by atoms with Crippen molar-refractivity contribution >= 4 is 29.7 Å². The quantitative estimate of drug-likeness (QED) is 0.133. The van der Waals surface area contributed by atoms with E-state index >= 15 is 0 Å². The Morgan fingerprint density at radius 3 is 1.95 bits per heavy atom. The number of imide groups is 1. The first-order chi connectivity index (χ1) is 21.2. The minimum atomic E-state index is -1.17. The van der Waals surface area contributed by atoms with Gasteiger partial charge in [0.2, 0.25) is 0 Å². The lowest BCUT2D eigenvalue weighted by atomic mass is 9.98. The number of nitrogens with zero attached hydrogens (tertiary/aromatic N) is 1. The standard InChI is InChI=1S/C31H35NO12/c1-19(33)40-18-25-26(42-20(2)34)27(43-21(3)35)28(41-17-22-9-5-4-6-10-22)31(44-25)39-16-15-38-14-13-32-29(36)23-11-7-8-12-24(23)30(32)37/h4-12,25-28,31H,13-18H2,1-3H3. The van der Waals surface area contributed by atoms with E-state index in [1.165, 1.54) is 20.8 Å². The van der Waals surface area contributed by atoms with E-state index in [2.05, 4.69) is 0 Å². The van der Waals surface area contributed by atoms with Crippen LogP contribution in [0, 0.1) is 0 Å². The predicted molar refractivity (Wildman–Crippen MR) is 150 cm³/mol. The number of esters is 3. The third-order valence-corrected chi connectivity index (χ3v) is 6.78. The topological polar surface area (TPSA) is 153 Å². The molecule has 13 nitrogen and oxygen atoms in total. The number of benzene rings is 2. The summed E-state index contributed by atoms with van der Waals surface area (Å²) in [7, 11) is 0. The molecule has 2 aromatic carbocycles. The van der Waals surface area contributed by atoms with Gasteiger partial charge >= 0.3 is 17.9 Å². The van der Waals surface area contributed by atoms with Gasteiger partial charge in [0.15, 0.2) is 18.5 Å². The highest BCUT2D eigenvalue weighted by molar-refractivity contribution is 6.21. The molecule has 1 fully saturated rings. The molecule has 0 aliphatic carbocycles. The second-order valence-corrected chi connectivity index (χ2v) is 10.0. The molecule has 236 valence electrons. The molecule has 0 spiro atoms. The molecule has 44 heavy (non-hydrogen) atoms. The Bertz CT molecular complexity index is 1300. The molecule has 13 heteroatoms. The summed E-state index contributed by atoms with van der Waals surface area (Å²) in [5.74, 6) is -2.68. The van der Waals surface area contributed by atoms with Gasteiger partial charge in [-0.05, 0) is 17.7 Å². The molecular weight excluding hydrogens is 578 g/mol. The lowest BCUT2D eigenvalue weighted by Gasteiger charge is -2.44. The Morgan fingerprint density at radius 2 is 1.34 bits per heavy atom. The zero-order valence-electron chi connectivity index (χ0n) is 24.7. The smallest absolute Gasteiger partial charge is 0.303 e. The molecule has 5 unspecified atom stereocenters. The minimum absolute atomic E-state index is 0.0245. The number of amides is 2. The van der Waals surface area contributed by atoms with Crippen LogP contribution in [0.4, 0.5) is 0 Å². The third kappa shape index (κ3) is 8.47. The van der Waals surface area contributed by atoms with E-state index < -0.39 is 48.6 Å². The molecule has 4 rings (SSSR count). The fraction of sp³-hybridized carbons (Fsp3) is 0.452. The van der Waals surface area contributed by atoms with E-state index in [0.29, 0.717) is 11.1 Å². The van der Waals surface area contributed by atoms with Gasteiger partial charge in [0.05, 0.1) is 44.1 Å². The second kappa shape index (κ2) is 15.5. The predicted octanol–water partition coefficient (Wildman–Crippen LogP) is 2.05. The summed E-state index contributed by atoms with van der Waals surface area (Å²) in [6, 6.07) is 15.8. The maximum atomic E-state index is 12.6. The monoisotopic (exact) mass is 613 g/mol. The summed E-state index contributed by atoms with van der Waals surface area (Å²) < 4.78 is 40.0. The van der Waals surface area contributed by atoms with Crippen LogP contribution in [-0.2, 0) is 54.1 Å². The van der Waals surface area contributed by atoms with Gasteiger partial charge in [-0.3, -0.25) is 28.9 Å². The molecule has 2 aliphatic rings. The van der Waals surface area contributed by atoms with Crippen molar-refractivity contribution in [3.05, 3.63) is 71.3 Å². The van der Waals surface area contributed by atoms with Crippen LogP contribution >= 0.6 is 0 Å². The van der Waals surface area contributed by atoms with Crippen LogP contribution in [0.3, 0.4) is 0 Å². The molecule has 0 radical (unpaired) electrons. The molecule has 1 saturated heterocycles. The van der Waals surface area contributed by atoms with Crippen molar-refractivity contribution in [1.82, 2.24) is 4.90 Å². The van der Waals surface area contributed by atoms with Gasteiger partial charge in [-0.25, -0.2) is 0 Å². The normalized spacial score (nSPS) is 22.8. The van der Waals surface area contributed by atoms with Crippen molar-refractivity contribution in [1.29, 1.82) is 0 Å². The number of ether oxygens (including phenoxy) is 7. The molecule has 0 bridgehead atoms. The van der Waals surface area contributed by atoms with Gasteiger partial charge in [-0.15, -0.1) is 0 Å². The SMILES string of the molecule is CC(=O)OCC1OC(OCCOCCN2C(=O)c3ccccc3C2=O)C(OCc2ccccc2)C(OC(C)=O)C1OC(C)=O. The first kappa shape index (κ1) is 32.7. The first-order valence-electron chi connectivity index (χ1n) is 14.1. The highest BCUT2D eigenvalue weighted by atomic mass is 16.7. The average molecular weight is 614 g/mol. The van der Waals surface area contributed by atoms with Gasteiger partial charge in [0.1, 0.15) is 18.8 Å². The van der Waals surface area contributed by atoms with Crippen LogP contribution in [0.5, 0.6) is 0 Å². The number of hydrogen-bond acceptors (Lipinski definition) is 12. The Labute approximate surface area is 254 Å². The maximum Gasteiger partial charge on any atom is 0.303 e. The molecule has 2 aromatic rings. The van der Waals surface area contributed by atoms with Crippen LogP contribution in [-0.4, -0.2) is 98.3 Å². The molecular formula is C31H35NO12. The zero-order chi connectivity index (χ0) is 31.6. The average Bonchev–Trinajstić information content (AvgIpc) is 3.23. The minimum Gasteiger partial charge on any atom is -0.463 e. The number of fused-ring (bicyclic) bond motifs is 1. The van der Waals surface area contributed by atoms with Gasteiger partial charge in [-0.2, -0.15) is 0 Å².